The molecule has 2 rings (SSSR count). The molecule has 0 spiro atoms. The van der Waals surface area contributed by atoms with Gasteiger partial charge < -0.3 is 20.1 Å². The lowest BCUT2D eigenvalue weighted by Crippen LogP contribution is -2.37. The van der Waals surface area contributed by atoms with Crippen LogP contribution in [0.15, 0.2) is 52.6 Å². The lowest BCUT2D eigenvalue weighted by Gasteiger charge is -2.13. The number of hydrogen-bond acceptors (Lipinski definition) is 6. The van der Waals surface area contributed by atoms with Gasteiger partial charge in [0.15, 0.2) is 18.1 Å². The van der Waals surface area contributed by atoms with Crippen LogP contribution in [-0.4, -0.2) is 44.2 Å². The summed E-state index contributed by atoms with van der Waals surface area (Å²) in [5.74, 6) is -1.62. The van der Waals surface area contributed by atoms with Gasteiger partial charge >= 0.3 is 11.8 Å². The molecule has 12 heteroatoms. The van der Waals surface area contributed by atoms with E-state index in [9.17, 15) is 14.4 Å². The van der Waals surface area contributed by atoms with Gasteiger partial charge in [-0.2, -0.15) is 5.10 Å². The SMILES string of the molecule is C=CCNC(=O)C(=O)N/N=C\c1cc(Br)c(OCC(=O)Nc2cc(Cl)cc(Cl)c2)c(OC)c1. The van der Waals surface area contributed by atoms with E-state index in [4.69, 9.17) is 32.7 Å². The number of methoxy groups -OCH3 is 1. The van der Waals surface area contributed by atoms with Crippen molar-refractivity contribution in [3.8, 4) is 11.5 Å². The van der Waals surface area contributed by atoms with Crippen molar-refractivity contribution in [3.05, 3.63) is 63.1 Å². The minimum atomic E-state index is -0.925. The predicted octanol–water partition coefficient (Wildman–Crippen LogP) is 3.53. The summed E-state index contributed by atoms with van der Waals surface area (Å²) in [5.41, 5.74) is 3.06. The van der Waals surface area contributed by atoms with Gasteiger partial charge in [-0.3, -0.25) is 14.4 Å². The molecule has 33 heavy (non-hydrogen) atoms. The molecule has 0 aliphatic rings. The van der Waals surface area contributed by atoms with Gasteiger partial charge in [0.25, 0.3) is 5.91 Å². The number of carbonyl (C=O) groups excluding carboxylic acids is 3. The molecule has 3 N–H and O–H groups in total. The summed E-state index contributed by atoms with van der Waals surface area (Å²) in [6.45, 7) is 3.28. The van der Waals surface area contributed by atoms with Gasteiger partial charge in [0.2, 0.25) is 0 Å². The highest BCUT2D eigenvalue weighted by Gasteiger charge is 2.14. The van der Waals surface area contributed by atoms with Gasteiger partial charge in [0, 0.05) is 22.3 Å². The Morgan fingerprint density at radius 1 is 1.12 bits per heavy atom. The molecule has 0 saturated heterocycles. The smallest absolute Gasteiger partial charge is 0.329 e. The Bertz CT molecular complexity index is 1070. The van der Waals surface area contributed by atoms with E-state index in [0.29, 0.717) is 31.5 Å². The van der Waals surface area contributed by atoms with Crippen molar-refractivity contribution in [3.63, 3.8) is 0 Å². The second-order valence-corrected chi connectivity index (χ2v) is 7.95. The van der Waals surface area contributed by atoms with Crippen molar-refractivity contribution in [2.45, 2.75) is 0 Å². The van der Waals surface area contributed by atoms with E-state index < -0.39 is 17.7 Å². The van der Waals surface area contributed by atoms with E-state index in [1.165, 1.54) is 19.4 Å². The van der Waals surface area contributed by atoms with E-state index in [1.807, 2.05) is 0 Å². The van der Waals surface area contributed by atoms with E-state index in [-0.39, 0.29) is 18.9 Å². The van der Waals surface area contributed by atoms with Crippen molar-refractivity contribution < 1.29 is 23.9 Å². The fourth-order valence-corrected chi connectivity index (χ4v) is 3.48. The molecule has 0 saturated carbocycles. The van der Waals surface area contributed by atoms with Crippen LogP contribution in [-0.2, 0) is 14.4 Å². The molecule has 174 valence electrons. The number of halogens is 3. The predicted molar refractivity (Wildman–Crippen MR) is 130 cm³/mol. The molecule has 9 nitrogen and oxygen atoms in total. The Hall–Kier alpha value is -3.08. The molecule has 0 fully saturated rings. The summed E-state index contributed by atoms with van der Waals surface area (Å²) in [7, 11) is 1.43. The number of nitrogens with one attached hydrogen (secondary N) is 3. The highest BCUT2D eigenvalue weighted by atomic mass is 79.9. The Kier molecular flexibility index (Phi) is 10.2. The van der Waals surface area contributed by atoms with Gasteiger partial charge in [0.1, 0.15) is 0 Å². The van der Waals surface area contributed by atoms with Crippen molar-refractivity contribution in [2.75, 3.05) is 25.6 Å². The fraction of sp³-hybridized carbons (Fsp3) is 0.143. The monoisotopic (exact) mass is 556 g/mol. The number of rotatable bonds is 9. The Labute approximate surface area is 208 Å². The first-order valence-corrected chi connectivity index (χ1v) is 10.8. The molecular weight excluding hydrogens is 539 g/mol. The highest BCUT2D eigenvalue weighted by Crippen LogP contribution is 2.36. The van der Waals surface area contributed by atoms with Crippen LogP contribution in [0.4, 0.5) is 5.69 Å². The first-order chi connectivity index (χ1) is 15.7. The number of carbonyl (C=O) groups is 3. The zero-order valence-corrected chi connectivity index (χ0v) is 20.4. The summed E-state index contributed by atoms with van der Waals surface area (Å²) in [5, 5.41) is 9.47. The number of hydrogen-bond donors (Lipinski definition) is 3. The van der Waals surface area contributed by atoms with Gasteiger partial charge in [-0.05, 0) is 51.8 Å². The Balaban J connectivity index is 2.01. The summed E-state index contributed by atoms with van der Waals surface area (Å²) in [6.07, 6.45) is 2.75. The molecule has 0 aliphatic heterocycles. The summed E-state index contributed by atoms with van der Waals surface area (Å²) in [4.78, 5) is 35.3. The topological polar surface area (TPSA) is 118 Å². The maximum atomic E-state index is 12.2. The second kappa shape index (κ2) is 12.8. The summed E-state index contributed by atoms with van der Waals surface area (Å²) in [6, 6.07) is 7.85. The Morgan fingerprint density at radius 3 is 2.45 bits per heavy atom. The van der Waals surface area contributed by atoms with Crippen LogP contribution < -0.4 is 25.5 Å². The van der Waals surface area contributed by atoms with Crippen LogP contribution in [0.3, 0.4) is 0 Å². The average molecular weight is 558 g/mol. The first kappa shape index (κ1) is 26.2. The maximum absolute atomic E-state index is 12.2. The van der Waals surface area contributed by atoms with Gasteiger partial charge in [-0.1, -0.05) is 29.3 Å². The molecule has 0 unspecified atom stereocenters. The highest BCUT2D eigenvalue weighted by molar-refractivity contribution is 9.10. The number of anilines is 1. The minimum Gasteiger partial charge on any atom is -0.493 e. The normalized spacial score (nSPS) is 10.4. The van der Waals surface area contributed by atoms with E-state index >= 15 is 0 Å². The zero-order valence-electron chi connectivity index (χ0n) is 17.3. The van der Waals surface area contributed by atoms with Crippen LogP contribution in [0.1, 0.15) is 5.56 Å². The van der Waals surface area contributed by atoms with Gasteiger partial charge in [-0.15, -0.1) is 6.58 Å². The quantitative estimate of drug-likeness (QED) is 0.189. The number of amides is 3. The van der Waals surface area contributed by atoms with Crippen molar-refractivity contribution in [1.29, 1.82) is 0 Å². The molecule has 0 atom stereocenters. The largest absolute Gasteiger partial charge is 0.493 e. The zero-order chi connectivity index (χ0) is 24.4. The number of nitrogens with zero attached hydrogens (tertiary/aromatic N) is 1. The third-order valence-corrected chi connectivity index (χ3v) is 4.76. The number of ether oxygens (including phenoxy) is 2. The van der Waals surface area contributed by atoms with Crippen molar-refractivity contribution >= 4 is 68.8 Å². The van der Waals surface area contributed by atoms with Crippen molar-refractivity contribution in [2.24, 2.45) is 5.10 Å². The fourth-order valence-electron chi connectivity index (χ4n) is 2.38. The number of benzene rings is 2. The molecule has 0 aromatic heterocycles. The molecular formula is C21H19BrCl2N4O5. The Morgan fingerprint density at radius 2 is 1.82 bits per heavy atom. The third kappa shape index (κ3) is 8.41. The van der Waals surface area contributed by atoms with Crippen LogP contribution in [0.5, 0.6) is 11.5 Å². The second-order valence-electron chi connectivity index (χ2n) is 6.23. The van der Waals surface area contributed by atoms with E-state index in [2.05, 4.69) is 43.7 Å². The molecule has 2 aromatic carbocycles. The third-order valence-electron chi connectivity index (χ3n) is 3.74. The van der Waals surface area contributed by atoms with Crippen LogP contribution in [0, 0.1) is 0 Å². The molecule has 0 bridgehead atoms. The molecule has 2 aromatic rings. The molecule has 0 heterocycles. The van der Waals surface area contributed by atoms with Crippen LogP contribution >= 0.6 is 39.1 Å². The van der Waals surface area contributed by atoms with Crippen molar-refractivity contribution in [1.82, 2.24) is 10.7 Å². The van der Waals surface area contributed by atoms with E-state index in [0.717, 1.165) is 0 Å². The standard InChI is InChI=1S/C21H19BrCl2N4O5/c1-3-4-25-20(30)21(31)28-26-10-12-5-16(22)19(17(6-12)32-2)33-11-18(29)27-15-8-13(23)7-14(24)9-15/h3,5-10H,1,4,11H2,2H3,(H,25,30)(H,27,29)(H,28,31)/b26-10-. The molecule has 0 radical (unpaired) electrons. The molecule has 3 amide bonds. The van der Waals surface area contributed by atoms with Gasteiger partial charge in [0.05, 0.1) is 17.8 Å². The van der Waals surface area contributed by atoms with Crippen LogP contribution in [0.2, 0.25) is 10.0 Å². The summed E-state index contributed by atoms with van der Waals surface area (Å²) >= 11 is 15.2. The lowest BCUT2D eigenvalue weighted by atomic mass is 10.2. The number of hydrazone groups is 1. The van der Waals surface area contributed by atoms with E-state index in [1.54, 1.807) is 30.3 Å². The summed E-state index contributed by atoms with van der Waals surface area (Å²) < 4.78 is 11.4. The van der Waals surface area contributed by atoms with Gasteiger partial charge in [-0.25, -0.2) is 5.43 Å². The minimum absolute atomic E-state index is 0.159. The first-order valence-electron chi connectivity index (χ1n) is 9.22. The average Bonchev–Trinajstić information content (AvgIpc) is 2.75. The van der Waals surface area contributed by atoms with Crippen LogP contribution in [0.25, 0.3) is 0 Å². The molecule has 0 aliphatic carbocycles. The lowest BCUT2D eigenvalue weighted by molar-refractivity contribution is -0.139. The maximum Gasteiger partial charge on any atom is 0.329 e.